The highest BCUT2D eigenvalue weighted by Crippen LogP contribution is 2.25. The molecular weight excluding hydrogens is 371 g/mol. The van der Waals surface area contributed by atoms with E-state index in [1.807, 2.05) is 0 Å². The highest BCUT2D eigenvalue weighted by molar-refractivity contribution is 7.98. The van der Waals surface area contributed by atoms with Crippen molar-refractivity contribution in [3.63, 3.8) is 0 Å². The third-order valence-corrected chi connectivity index (χ3v) is 3.93. The van der Waals surface area contributed by atoms with E-state index in [0.29, 0.717) is 16.4 Å². The number of amides is 1. The number of aromatic nitrogens is 2. The van der Waals surface area contributed by atoms with Crippen molar-refractivity contribution in [1.29, 1.82) is 0 Å². The topological polar surface area (TPSA) is 84.1 Å². The average Bonchev–Trinajstić information content (AvgIpc) is 2.52. The lowest BCUT2D eigenvalue weighted by molar-refractivity contribution is -0.274. The molecule has 0 unspecified atom stereocenters. The third-order valence-electron chi connectivity index (χ3n) is 3.35. The van der Waals surface area contributed by atoms with Gasteiger partial charge in [0.1, 0.15) is 5.75 Å². The second-order valence-electron chi connectivity index (χ2n) is 5.26. The van der Waals surface area contributed by atoms with E-state index in [4.69, 9.17) is 0 Å². The highest BCUT2D eigenvalue weighted by atomic mass is 32.2. The van der Waals surface area contributed by atoms with Crippen molar-refractivity contribution in [3.8, 4) is 5.75 Å². The van der Waals surface area contributed by atoms with Gasteiger partial charge in [0.15, 0.2) is 5.16 Å². The maximum absolute atomic E-state index is 12.2. The van der Waals surface area contributed by atoms with Crippen LogP contribution in [0.25, 0.3) is 0 Å². The van der Waals surface area contributed by atoms with Crippen molar-refractivity contribution in [2.75, 3.05) is 11.6 Å². The molecule has 1 aromatic carbocycles. The van der Waals surface area contributed by atoms with Gasteiger partial charge in [-0.15, -0.1) is 13.2 Å². The van der Waals surface area contributed by atoms with E-state index >= 15 is 0 Å². The van der Waals surface area contributed by atoms with Crippen LogP contribution in [0.4, 0.5) is 18.9 Å². The number of alkyl halides is 3. The maximum atomic E-state index is 12.2. The number of nitrogens with one attached hydrogen (secondary N) is 2. The molecule has 1 aromatic heterocycles. The van der Waals surface area contributed by atoms with Gasteiger partial charge in [-0.25, -0.2) is 4.98 Å². The Morgan fingerprint density at radius 2 is 2.12 bits per heavy atom. The van der Waals surface area contributed by atoms with Gasteiger partial charge in [-0.3, -0.25) is 9.59 Å². The number of H-pyrrole nitrogens is 1. The molecule has 0 bridgehead atoms. The first-order valence-electron chi connectivity index (χ1n) is 7.47. The largest absolute Gasteiger partial charge is 0.573 e. The quantitative estimate of drug-likeness (QED) is 0.587. The number of nitrogens with zero attached hydrogens (tertiary/aromatic N) is 1. The monoisotopic (exact) mass is 387 g/mol. The van der Waals surface area contributed by atoms with Gasteiger partial charge in [0.25, 0.3) is 5.56 Å². The lowest BCUT2D eigenvalue weighted by Crippen LogP contribution is -2.20. The Balaban J connectivity index is 2.00. The van der Waals surface area contributed by atoms with Gasteiger partial charge < -0.3 is 15.0 Å². The predicted molar refractivity (Wildman–Crippen MR) is 91.5 cm³/mol. The maximum Gasteiger partial charge on any atom is 0.573 e. The zero-order chi connectivity index (χ0) is 19.3. The summed E-state index contributed by atoms with van der Waals surface area (Å²) in [6.07, 6.45) is -2.89. The molecule has 0 saturated heterocycles. The number of rotatable bonds is 6. The number of hydrogen-bond acceptors (Lipinski definition) is 5. The molecule has 6 nitrogen and oxygen atoms in total. The fourth-order valence-electron chi connectivity index (χ4n) is 2.21. The molecule has 26 heavy (non-hydrogen) atoms. The molecule has 0 aliphatic rings. The molecule has 2 N–H and O–H groups in total. The van der Waals surface area contributed by atoms with Gasteiger partial charge in [0.2, 0.25) is 5.91 Å². The highest BCUT2D eigenvalue weighted by Gasteiger charge is 2.31. The molecule has 0 radical (unpaired) electrons. The Morgan fingerprint density at radius 1 is 1.38 bits per heavy atom. The van der Waals surface area contributed by atoms with Crippen molar-refractivity contribution in [1.82, 2.24) is 9.97 Å². The summed E-state index contributed by atoms with van der Waals surface area (Å²) in [7, 11) is 0. The molecule has 2 aromatic rings. The summed E-state index contributed by atoms with van der Waals surface area (Å²) in [5, 5.41) is 2.96. The second-order valence-corrected chi connectivity index (χ2v) is 6.06. The lowest BCUT2D eigenvalue weighted by atomic mass is 10.1. The Kier molecular flexibility index (Phi) is 6.30. The van der Waals surface area contributed by atoms with Crippen molar-refractivity contribution in [3.05, 3.63) is 45.9 Å². The Hall–Kier alpha value is -2.49. The average molecular weight is 387 g/mol. The molecule has 0 fully saturated rings. The van der Waals surface area contributed by atoms with Crippen molar-refractivity contribution in [2.45, 2.75) is 31.3 Å². The van der Waals surface area contributed by atoms with Crippen molar-refractivity contribution in [2.24, 2.45) is 0 Å². The molecular formula is C16H16F3N3O3S. The van der Waals surface area contributed by atoms with Crippen LogP contribution in [0, 0.1) is 6.92 Å². The van der Waals surface area contributed by atoms with E-state index < -0.39 is 18.0 Å². The molecule has 0 spiro atoms. The molecule has 2 rings (SSSR count). The number of aromatic amines is 1. The van der Waals surface area contributed by atoms with Crippen LogP contribution in [0.2, 0.25) is 0 Å². The Bertz CT molecular complexity index is 853. The minimum atomic E-state index is -4.81. The number of aryl methyl sites for hydroxylation is 1. The smallest absolute Gasteiger partial charge is 0.406 e. The summed E-state index contributed by atoms with van der Waals surface area (Å²) in [5.41, 5.74) is 0.784. The molecule has 1 heterocycles. The summed E-state index contributed by atoms with van der Waals surface area (Å²) in [5.74, 6) is -0.874. The molecule has 140 valence electrons. The van der Waals surface area contributed by atoms with Gasteiger partial charge in [0, 0.05) is 29.4 Å². The van der Waals surface area contributed by atoms with Gasteiger partial charge in [-0.05, 0) is 31.7 Å². The number of halogens is 3. The second kappa shape index (κ2) is 8.26. The van der Waals surface area contributed by atoms with Crippen LogP contribution in [0.1, 0.15) is 17.7 Å². The van der Waals surface area contributed by atoms with E-state index in [1.165, 1.54) is 23.9 Å². The van der Waals surface area contributed by atoms with E-state index in [9.17, 15) is 22.8 Å². The number of anilines is 1. The Morgan fingerprint density at radius 3 is 2.73 bits per heavy atom. The molecule has 10 heteroatoms. The lowest BCUT2D eigenvalue weighted by Gasteiger charge is -2.11. The zero-order valence-electron chi connectivity index (χ0n) is 13.9. The van der Waals surface area contributed by atoms with E-state index in [1.54, 1.807) is 13.2 Å². The molecule has 0 aliphatic carbocycles. The zero-order valence-corrected chi connectivity index (χ0v) is 14.8. The third kappa shape index (κ3) is 5.80. The normalized spacial score (nSPS) is 11.3. The van der Waals surface area contributed by atoms with Crippen LogP contribution in [-0.4, -0.2) is 28.5 Å². The summed E-state index contributed by atoms with van der Waals surface area (Å²) in [6, 6.07) is 4.97. The van der Waals surface area contributed by atoms with Gasteiger partial charge >= 0.3 is 6.36 Å². The van der Waals surface area contributed by atoms with E-state index in [2.05, 4.69) is 20.0 Å². The van der Waals surface area contributed by atoms with Crippen LogP contribution in [0.5, 0.6) is 5.75 Å². The molecule has 0 saturated carbocycles. The fraction of sp³-hybridized carbons (Fsp3) is 0.312. The molecule has 0 atom stereocenters. The van der Waals surface area contributed by atoms with Crippen LogP contribution >= 0.6 is 11.8 Å². The summed E-state index contributed by atoms with van der Waals surface area (Å²) in [4.78, 5) is 30.8. The van der Waals surface area contributed by atoms with E-state index in [-0.39, 0.29) is 24.1 Å². The predicted octanol–water partition coefficient (Wildman–Crippen LogP) is 3.27. The number of ether oxygens (including phenoxy) is 1. The first-order valence-corrected chi connectivity index (χ1v) is 8.70. The summed E-state index contributed by atoms with van der Waals surface area (Å²) in [6.45, 7) is 1.68. The first-order chi connectivity index (χ1) is 12.2. The van der Waals surface area contributed by atoms with Crippen LogP contribution in [-0.2, 0) is 11.2 Å². The SMILES string of the molecule is CSc1nc(C)c(CCC(=O)Nc2cccc(OC(F)(F)F)c2)c(=O)[nH]1. The van der Waals surface area contributed by atoms with Crippen LogP contribution in [0.3, 0.4) is 0 Å². The van der Waals surface area contributed by atoms with E-state index in [0.717, 1.165) is 12.1 Å². The number of carbonyl (C=O) groups is 1. The van der Waals surface area contributed by atoms with Crippen LogP contribution < -0.4 is 15.6 Å². The van der Waals surface area contributed by atoms with Gasteiger partial charge in [-0.1, -0.05) is 17.8 Å². The van der Waals surface area contributed by atoms with Crippen LogP contribution in [0.15, 0.2) is 34.2 Å². The van der Waals surface area contributed by atoms with Crippen molar-refractivity contribution < 1.29 is 22.7 Å². The minimum absolute atomic E-state index is 0.0193. The number of thioether (sulfide) groups is 1. The van der Waals surface area contributed by atoms with Gasteiger partial charge in [-0.2, -0.15) is 0 Å². The number of hydrogen-bond donors (Lipinski definition) is 2. The number of benzene rings is 1. The Labute approximate surface area is 151 Å². The molecule has 0 aliphatic heterocycles. The molecule has 1 amide bonds. The first kappa shape index (κ1) is 19.8. The summed E-state index contributed by atoms with van der Waals surface area (Å²) < 4.78 is 40.5. The number of carbonyl (C=O) groups excluding carboxylic acids is 1. The fourth-order valence-corrected chi connectivity index (χ4v) is 2.63. The standard InChI is InChI=1S/C16H16F3N3O3S/c1-9-12(14(24)22-15(20-9)26-2)6-7-13(23)21-10-4-3-5-11(8-10)25-16(17,18)19/h3-5,8H,6-7H2,1-2H3,(H,21,23)(H,20,22,24). The van der Waals surface area contributed by atoms with Gasteiger partial charge in [0.05, 0.1) is 0 Å². The summed E-state index contributed by atoms with van der Waals surface area (Å²) >= 11 is 1.30. The van der Waals surface area contributed by atoms with Crippen molar-refractivity contribution >= 4 is 23.4 Å². The minimum Gasteiger partial charge on any atom is -0.406 e.